The second-order valence-electron chi connectivity index (χ2n) is 6.52. The van der Waals surface area contributed by atoms with Crippen LogP contribution in [-0.4, -0.2) is 33.2 Å². The van der Waals surface area contributed by atoms with E-state index in [0.29, 0.717) is 24.1 Å². The predicted octanol–water partition coefficient (Wildman–Crippen LogP) is 2.81. The Morgan fingerprint density at radius 3 is 2.68 bits per heavy atom. The van der Waals surface area contributed by atoms with E-state index < -0.39 is 0 Å². The maximum Gasteiger partial charge on any atom is 0.251 e. The molecule has 4 aromatic rings. The monoisotopic (exact) mass is 372 g/mol. The molecule has 0 aliphatic rings. The third-order valence-electron chi connectivity index (χ3n) is 4.65. The highest BCUT2D eigenvalue weighted by molar-refractivity contribution is 6.07. The van der Waals surface area contributed by atoms with Gasteiger partial charge in [-0.05, 0) is 36.2 Å². The number of imidazole rings is 1. The van der Waals surface area contributed by atoms with Gasteiger partial charge < -0.3 is 21.0 Å². The van der Waals surface area contributed by atoms with Gasteiger partial charge in [-0.15, -0.1) is 0 Å². The summed E-state index contributed by atoms with van der Waals surface area (Å²) in [5, 5.41) is 11.5. The van der Waals surface area contributed by atoms with Gasteiger partial charge in [-0.2, -0.15) is 0 Å². The molecule has 0 saturated carbocycles. The zero-order valence-electron chi connectivity index (χ0n) is 15.1. The standard InChI is InChI=1S/C21H20N6O/c22-19(23)17-12-27-18-6-1-13(11-16(17)18)7-8-26-21(28)15-4-2-14(3-5-15)20-24-9-10-25-20/h1-6,9-12,27H,7-8H2,(H3,22,23)(H,24,25)(H,26,28). The van der Waals surface area contributed by atoms with Gasteiger partial charge in [0.2, 0.25) is 0 Å². The molecule has 0 saturated heterocycles. The highest BCUT2D eigenvalue weighted by Gasteiger charge is 2.09. The van der Waals surface area contributed by atoms with E-state index in [1.165, 1.54) is 0 Å². The number of aromatic nitrogens is 3. The first kappa shape index (κ1) is 17.5. The van der Waals surface area contributed by atoms with Crippen LogP contribution in [0, 0.1) is 5.41 Å². The molecule has 0 radical (unpaired) electrons. The van der Waals surface area contributed by atoms with Crippen molar-refractivity contribution in [2.24, 2.45) is 5.73 Å². The zero-order chi connectivity index (χ0) is 19.5. The van der Waals surface area contributed by atoms with Crippen molar-refractivity contribution in [3.05, 3.63) is 77.7 Å². The van der Waals surface area contributed by atoms with Gasteiger partial charge in [0.25, 0.3) is 5.91 Å². The number of carbonyl (C=O) groups is 1. The lowest BCUT2D eigenvalue weighted by molar-refractivity contribution is 0.0954. The van der Waals surface area contributed by atoms with Crippen molar-refractivity contribution in [1.82, 2.24) is 20.3 Å². The van der Waals surface area contributed by atoms with Gasteiger partial charge in [0.1, 0.15) is 11.7 Å². The maximum absolute atomic E-state index is 12.4. The molecule has 28 heavy (non-hydrogen) atoms. The number of benzene rings is 2. The Kier molecular flexibility index (Phi) is 4.63. The normalized spacial score (nSPS) is 10.9. The Morgan fingerprint density at radius 2 is 1.96 bits per heavy atom. The summed E-state index contributed by atoms with van der Waals surface area (Å²) >= 11 is 0. The van der Waals surface area contributed by atoms with Crippen LogP contribution < -0.4 is 11.1 Å². The first-order chi connectivity index (χ1) is 13.6. The van der Waals surface area contributed by atoms with E-state index in [1.807, 2.05) is 30.3 Å². The van der Waals surface area contributed by atoms with Gasteiger partial charge in [-0.1, -0.05) is 18.2 Å². The summed E-state index contributed by atoms with van der Waals surface area (Å²) in [4.78, 5) is 22.7. The second kappa shape index (κ2) is 7.40. The van der Waals surface area contributed by atoms with Gasteiger partial charge in [-0.3, -0.25) is 10.2 Å². The molecule has 0 fully saturated rings. The number of hydrogen-bond donors (Lipinski definition) is 5. The average Bonchev–Trinajstić information content (AvgIpc) is 3.38. The molecule has 0 unspecified atom stereocenters. The van der Waals surface area contributed by atoms with Crippen LogP contribution in [0.1, 0.15) is 21.5 Å². The highest BCUT2D eigenvalue weighted by Crippen LogP contribution is 2.20. The van der Waals surface area contributed by atoms with E-state index in [2.05, 4.69) is 20.3 Å². The van der Waals surface area contributed by atoms with Crippen molar-refractivity contribution in [1.29, 1.82) is 5.41 Å². The van der Waals surface area contributed by atoms with Crippen LogP contribution >= 0.6 is 0 Å². The first-order valence-corrected chi connectivity index (χ1v) is 8.94. The summed E-state index contributed by atoms with van der Waals surface area (Å²) in [6.45, 7) is 0.518. The van der Waals surface area contributed by atoms with Crippen molar-refractivity contribution in [3.63, 3.8) is 0 Å². The largest absolute Gasteiger partial charge is 0.384 e. The second-order valence-corrected chi connectivity index (χ2v) is 6.52. The molecule has 6 N–H and O–H groups in total. The third-order valence-corrected chi connectivity index (χ3v) is 4.65. The number of nitrogens with two attached hydrogens (primary N) is 1. The summed E-state index contributed by atoms with van der Waals surface area (Å²) in [6.07, 6.45) is 5.89. The Labute approximate surface area is 161 Å². The molecule has 2 aromatic heterocycles. The lowest BCUT2D eigenvalue weighted by Crippen LogP contribution is -2.25. The van der Waals surface area contributed by atoms with E-state index >= 15 is 0 Å². The number of carbonyl (C=O) groups excluding carboxylic acids is 1. The summed E-state index contributed by atoms with van der Waals surface area (Å²) < 4.78 is 0. The fourth-order valence-corrected chi connectivity index (χ4v) is 3.17. The number of rotatable bonds is 6. The van der Waals surface area contributed by atoms with Crippen LogP contribution in [-0.2, 0) is 6.42 Å². The smallest absolute Gasteiger partial charge is 0.251 e. The molecule has 0 aliphatic heterocycles. The molecule has 0 atom stereocenters. The Balaban J connectivity index is 1.38. The number of aromatic amines is 2. The molecular weight excluding hydrogens is 352 g/mol. The lowest BCUT2D eigenvalue weighted by Gasteiger charge is -2.07. The van der Waals surface area contributed by atoms with Crippen LogP contribution in [0.2, 0.25) is 0 Å². The fourth-order valence-electron chi connectivity index (χ4n) is 3.17. The summed E-state index contributed by atoms with van der Waals surface area (Å²) in [5.41, 5.74) is 9.86. The van der Waals surface area contributed by atoms with E-state index in [4.69, 9.17) is 11.1 Å². The molecule has 7 nitrogen and oxygen atoms in total. The Hall–Kier alpha value is -3.87. The molecule has 0 bridgehead atoms. The molecule has 2 aromatic carbocycles. The number of H-pyrrole nitrogens is 2. The van der Waals surface area contributed by atoms with Crippen LogP contribution in [0.25, 0.3) is 22.3 Å². The van der Waals surface area contributed by atoms with Crippen molar-refractivity contribution in [3.8, 4) is 11.4 Å². The maximum atomic E-state index is 12.4. The summed E-state index contributed by atoms with van der Waals surface area (Å²) in [6, 6.07) is 13.3. The number of nitrogen functional groups attached to an aromatic ring is 1. The van der Waals surface area contributed by atoms with E-state index in [1.54, 1.807) is 30.7 Å². The Bertz CT molecular complexity index is 1130. The number of nitrogens with zero attached hydrogens (tertiary/aromatic N) is 1. The van der Waals surface area contributed by atoms with Gasteiger partial charge in [0.15, 0.2) is 0 Å². The van der Waals surface area contributed by atoms with Crippen molar-refractivity contribution in [2.75, 3.05) is 6.54 Å². The molecule has 0 spiro atoms. The van der Waals surface area contributed by atoms with Crippen LogP contribution in [0.5, 0.6) is 0 Å². The topological polar surface area (TPSA) is 123 Å². The summed E-state index contributed by atoms with van der Waals surface area (Å²) in [7, 11) is 0. The minimum absolute atomic E-state index is 0.0368. The van der Waals surface area contributed by atoms with E-state index in [0.717, 1.165) is 27.9 Å². The average molecular weight is 372 g/mol. The minimum Gasteiger partial charge on any atom is -0.384 e. The number of nitrogens with one attached hydrogen (secondary N) is 4. The van der Waals surface area contributed by atoms with Gasteiger partial charge >= 0.3 is 0 Å². The molecule has 1 amide bonds. The van der Waals surface area contributed by atoms with E-state index in [9.17, 15) is 4.79 Å². The van der Waals surface area contributed by atoms with E-state index in [-0.39, 0.29) is 11.7 Å². The fraction of sp³-hybridized carbons (Fsp3) is 0.0952. The number of fused-ring (bicyclic) bond motifs is 1. The molecule has 140 valence electrons. The quantitative estimate of drug-likeness (QED) is 0.264. The van der Waals surface area contributed by atoms with Gasteiger partial charge in [-0.25, -0.2) is 4.98 Å². The van der Waals surface area contributed by atoms with Crippen LogP contribution in [0.3, 0.4) is 0 Å². The van der Waals surface area contributed by atoms with Crippen molar-refractivity contribution >= 4 is 22.6 Å². The predicted molar refractivity (Wildman–Crippen MR) is 109 cm³/mol. The number of amides is 1. The van der Waals surface area contributed by atoms with Crippen LogP contribution in [0.4, 0.5) is 0 Å². The van der Waals surface area contributed by atoms with Crippen molar-refractivity contribution in [2.45, 2.75) is 6.42 Å². The van der Waals surface area contributed by atoms with Gasteiger partial charge in [0.05, 0.1) is 0 Å². The first-order valence-electron chi connectivity index (χ1n) is 8.94. The molecule has 4 rings (SSSR count). The number of hydrogen-bond acceptors (Lipinski definition) is 3. The molecular formula is C21H20N6O. The molecule has 7 heteroatoms. The van der Waals surface area contributed by atoms with Gasteiger partial charge in [0, 0.05) is 52.7 Å². The summed E-state index contributed by atoms with van der Waals surface area (Å²) in [5.74, 6) is 0.699. The highest BCUT2D eigenvalue weighted by atomic mass is 16.1. The zero-order valence-corrected chi connectivity index (χ0v) is 15.1. The SMILES string of the molecule is N=C(N)c1c[nH]c2ccc(CCNC(=O)c3ccc(-c4ncc[nH]4)cc3)cc12. The lowest BCUT2D eigenvalue weighted by atomic mass is 10.1. The minimum atomic E-state index is -0.113. The molecule has 2 heterocycles. The van der Waals surface area contributed by atoms with Crippen molar-refractivity contribution < 1.29 is 4.79 Å². The number of amidine groups is 1. The van der Waals surface area contributed by atoms with Crippen LogP contribution in [0.15, 0.2) is 61.1 Å². The molecule has 0 aliphatic carbocycles. The Morgan fingerprint density at radius 1 is 1.14 bits per heavy atom. The third kappa shape index (κ3) is 3.50.